The first-order valence-electron chi connectivity index (χ1n) is 3.72. The van der Waals surface area contributed by atoms with Gasteiger partial charge < -0.3 is 0 Å². The molecule has 1 rings (SSSR count). The van der Waals surface area contributed by atoms with E-state index in [0.717, 1.165) is 10.6 Å². The predicted molar refractivity (Wildman–Crippen MR) is 56.7 cm³/mol. The Labute approximate surface area is 76.8 Å². The molecule has 0 saturated carbocycles. The van der Waals surface area contributed by atoms with E-state index < -0.39 is 0 Å². The minimum atomic E-state index is 0.822. The summed E-state index contributed by atoms with van der Waals surface area (Å²) in [5.74, 6) is 0. The van der Waals surface area contributed by atoms with Crippen molar-refractivity contribution in [1.82, 2.24) is 0 Å². The van der Waals surface area contributed by atoms with E-state index in [9.17, 15) is 0 Å². The standard InChI is InChI=1S/C10H11NS/c1-3-4-7-11-9(2)10-6-5-8-12-10/h3-8H,2H2,1H3/b4-3-,11-7?. The summed E-state index contributed by atoms with van der Waals surface area (Å²) in [7, 11) is 0. The summed E-state index contributed by atoms with van der Waals surface area (Å²) in [5, 5.41) is 2.02. The molecule has 1 aromatic rings. The Bertz CT molecular complexity index is 294. The Kier molecular flexibility index (Phi) is 3.48. The second kappa shape index (κ2) is 4.67. The van der Waals surface area contributed by atoms with Gasteiger partial charge in [0.1, 0.15) is 0 Å². The third kappa shape index (κ3) is 2.47. The first kappa shape index (κ1) is 8.94. The molecule has 0 aliphatic rings. The lowest BCUT2D eigenvalue weighted by Crippen LogP contribution is -1.71. The highest BCUT2D eigenvalue weighted by Gasteiger charge is 1.94. The number of hydrogen-bond acceptors (Lipinski definition) is 2. The number of nitrogens with zero attached hydrogens (tertiary/aromatic N) is 1. The molecule has 0 amide bonds. The minimum Gasteiger partial charge on any atom is -0.256 e. The fraction of sp³-hybridized carbons (Fsp3) is 0.100. The zero-order valence-electron chi connectivity index (χ0n) is 7.03. The summed E-state index contributed by atoms with van der Waals surface area (Å²) in [6, 6.07) is 4.01. The molecule has 0 spiro atoms. The first-order chi connectivity index (χ1) is 5.84. The van der Waals surface area contributed by atoms with Crippen molar-refractivity contribution in [2.24, 2.45) is 4.99 Å². The summed E-state index contributed by atoms with van der Waals surface area (Å²) in [4.78, 5) is 5.28. The summed E-state index contributed by atoms with van der Waals surface area (Å²) in [6.07, 6.45) is 5.58. The molecule has 2 heteroatoms. The van der Waals surface area contributed by atoms with Crippen LogP contribution in [0.3, 0.4) is 0 Å². The fourth-order valence-corrected chi connectivity index (χ4v) is 1.38. The van der Waals surface area contributed by atoms with Crippen molar-refractivity contribution in [2.45, 2.75) is 6.92 Å². The molecule has 1 heterocycles. The summed E-state index contributed by atoms with van der Waals surface area (Å²) in [6.45, 7) is 5.81. The van der Waals surface area contributed by atoms with Crippen LogP contribution < -0.4 is 0 Å². The highest BCUT2D eigenvalue weighted by atomic mass is 32.1. The number of thiophene rings is 1. The Morgan fingerprint density at radius 1 is 1.67 bits per heavy atom. The van der Waals surface area contributed by atoms with Crippen LogP contribution in [-0.4, -0.2) is 6.21 Å². The number of aliphatic imine (C=N–C) groups is 1. The molecule has 0 atom stereocenters. The Hall–Kier alpha value is -1.15. The largest absolute Gasteiger partial charge is 0.256 e. The number of allylic oxidation sites excluding steroid dienone is 2. The van der Waals surface area contributed by atoms with Gasteiger partial charge in [0, 0.05) is 6.21 Å². The quantitative estimate of drug-likeness (QED) is 0.628. The van der Waals surface area contributed by atoms with E-state index >= 15 is 0 Å². The van der Waals surface area contributed by atoms with E-state index in [-0.39, 0.29) is 0 Å². The van der Waals surface area contributed by atoms with Gasteiger partial charge in [-0.05, 0) is 24.4 Å². The van der Waals surface area contributed by atoms with Gasteiger partial charge in [-0.3, -0.25) is 4.99 Å². The zero-order chi connectivity index (χ0) is 8.81. The molecule has 0 radical (unpaired) electrons. The van der Waals surface area contributed by atoms with Crippen LogP contribution in [0.25, 0.3) is 5.70 Å². The van der Waals surface area contributed by atoms with Gasteiger partial charge in [0.2, 0.25) is 0 Å². The maximum Gasteiger partial charge on any atom is 0.0729 e. The molecule has 0 aliphatic heterocycles. The van der Waals surface area contributed by atoms with Crippen LogP contribution in [0.1, 0.15) is 11.8 Å². The molecule has 0 bridgehead atoms. The van der Waals surface area contributed by atoms with Gasteiger partial charge in [0.15, 0.2) is 0 Å². The number of rotatable bonds is 3. The van der Waals surface area contributed by atoms with E-state index in [1.54, 1.807) is 17.6 Å². The SMILES string of the molecule is C=C(N=C/C=C\C)c1cccs1. The van der Waals surface area contributed by atoms with E-state index in [2.05, 4.69) is 11.6 Å². The molecular weight excluding hydrogens is 166 g/mol. The summed E-state index contributed by atoms with van der Waals surface area (Å²) in [5.41, 5.74) is 0.822. The normalized spacial score (nSPS) is 11.4. The van der Waals surface area contributed by atoms with E-state index in [1.165, 1.54) is 0 Å². The summed E-state index contributed by atoms with van der Waals surface area (Å²) < 4.78 is 0. The highest BCUT2D eigenvalue weighted by Crippen LogP contribution is 2.18. The number of hydrogen-bond donors (Lipinski definition) is 0. The smallest absolute Gasteiger partial charge is 0.0729 e. The van der Waals surface area contributed by atoms with E-state index in [4.69, 9.17) is 0 Å². The molecule has 12 heavy (non-hydrogen) atoms. The van der Waals surface area contributed by atoms with Crippen LogP contribution >= 0.6 is 11.3 Å². The Morgan fingerprint density at radius 2 is 2.50 bits per heavy atom. The average Bonchev–Trinajstić information content (AvgIpc) is 2.56. The lowest BCUT2D eigenvalue weighted by Gasteiger charge is -1.90. The molecular formula is C10H11NS. The van der Waals surface area contributed by atoms with Gasteiger partial charge >= 0.3 is 0 Å². The first-order valence-corrected chi connectivity index (χ1v) is 4.60. The Balaban J connectivity index is 2.61. The highest BCUT2D eigenvalue weighted by molar-refractivity contribution is 7.11. The van der Waals surface area contributed by atoms with Crippen LogP contribution in [0.4, 0.5) is 0 Å². The van der Waals surface area contributed by atoms with Crippen LogP contribution in [0, 0.1) is 0 Å². The second-order valence-electron chi connectivity index (χ2n) is 2.23. The van der Waals surface area contributed by atoms with E-state index in [0.29, 0.717) is 0 Å². The van der Waals surface area contributed by atoms with Crippen molar-refractivity contribution >= 4 is 23.2 Å². The average molecular weight is 177 g/mol. The molecule has 0 N–H and O–H groups in total. The van der Waals surface area contributed by atoms with Crippen molar-refractivity contribution in [2.75, 3.05) is 0 Å². The minimum absolute atomic E-state index is 0.822. The molecule has 0 aromatic carbocycles. The maximum absolute atomic E-state index is 4.16. The van der Waals surface area contributed by atoms with Crippen LogP contribution in [0.5, 0.6) is 0 Å². The van der Waals surface area contributed by atoms with Gasteiger partial charge in [0.25, 0.3) is 0 Å². The van der Waals surface area contributed by atoms with Crippen molar-refractivity contribution in [1.29, 1.82) is 0 Å². The maximum atomic E-state index is 4.16. The predicted octanol–water partition coefficient (Wildman–Crippen LogP) is 3.37. The summed E-state index contributed by atoms with van der Waals surface area (Å²) >= 11 is 1.65. The monoisotopic (exact) mass is 177 g/mol. The van der Waals surface area contributed by atoms with Crippen molar-refractivity contribution in [3.05, 3.63) is 41.1 Å². The lowest BCUT2D eigenvalue weighted by atomic mass is 10.4. The van der Waals surface area contributed by atoms with Crippen molar-refractivity contribution < 1.29 is 0 Å². The second-order valence-corrected chi connectivity index (χ2v) is 3.18. The zero-order valence-corrected chi connectivity index (χ0v) is 7.84. The third-order valence-electron chi connectivity index (χ3n) is 1.31. The van der Waals surface area contributed by atoms with Crippen LogP contribution in [0.15, 0.2) is 41.2 Å². The topological polar surface area (TPSA) is 12.4 Å². The third-order valence-corrected chi connectivity index (χ3v) is 2.23. The Morgan fingerprint density at radius 3 is 3.08 bits per heavy atom. The molecule has 62 valence electrons. The van der Waals surface area contributed by atoms with Gasteiger partial charge in [-0.15, -0.1) is 11.3 Å². The molecule has 0 saturated heterocycles. The van der Waals surface area contributed by atoms with Crippen LogP contribution in [0.2, 0.25) is 0 Å². The van der Waals surface area contributed by atoms with E-state index in [1.807, 2.05) is 36.6 Å². The van der Waals surface area contributed by atoms with Gasteiger partial charge in [-0.2, -0.15) is 0 Å². The van der Waals surface area contributed by atoms with Gasteiger partial charge in [-0.25, -0.2) is 0 Å². The fourth-order valence-electron chi connectivity index (χ4n) is 0.725. The van der Waals surface area contributed by atoms with Gasteiger partial charge in [-0.1, -0.05) is 18.7 Å². The molecule has 1 nitrogen and oxygen atoms in total. The van der Waals surface area contributed by atoms with Gasteiger partial charge in [0.05, 0.1) is 10.6 Å². The van der Waals surface area contributed by atoms with Crippen molar-refractivity contribution in [3.63, 3.8) is 0 Å². The molecule has 1 aromatic heterocycles. The van der Waals surface area contributed by atoms with Crippen molar-refractivity contribution in [3.8, 4) is 0 Å². The lowest BCUT2D eigenvalue weighted by molar-refractivity contribution is 1.62. The van der Waals surface area contributed by atoms with Crippen LogP contribution in [-0.2, 0) is 0 Å². The molecule has 0 fully saturated rings. The molecule has 0 unspecified atom stereocenters. The molecule has 0 aliphatic carbocycles.